The number of nitrogens with zero attached hydrogens (tertiary/aromatic N) is 4. The topological polar surface area (TPSA) is 145 Å². The zero-order valence-electron chi connectivity index (χ0n) is 18.4. The Labute approximate surface area is 194 Å². The molecular formula is C17H33N4NaO7. The molecule has 1 unspecified atom stereocenters. The summed E-state index contributed by atoms with van der Waals surface area (Å²) in [6.07, 6.45) is -0.556. The average molecular weight is 428 g/mol. The number of carboxylic acid groups (broad SMARTS) is 3. The molecule has 0 aromatic rings. The van der Waals surface area contributed by atoms with Gasteiger partial charge in [0.1, 0.15) is 0 Å². The Hall–Kier alpha value is -0.790. The third-order valence-corrected chi connectivity index (χ3v) is 4.53. The molecule has 1 aliphatic heterocycles. The fourth-order valence-corrected chi connectivity index (χ4v) is 3.18. The largest absolute Gasteiger partial charge is 1.00 e. The summed E-state index contributed by atoms with van der Waals surface area (Å²) in [6.45, 7) is 5.10. The average Bonchev–Trinajstić information content (AvgIpc) is 2.55. The van der Waals surface area contributed by atoms with Crippen LogP contribution in [-0.2, 0) is 14.4 Å². The van der Waals surface area contributed by atoms with Crippen LogP contribution >= 0.6 is 0 Å². The van der Waals surface area contributed by atoms with Crippen LogP contribution in [0.2, 0.25) is 0 Å². The summed E-state index contributed by atoms with van der Waals surface area (Å²) in [5, 5.41) is 37.1. The summed E-state index contributed by atoms with van der Waals surface area (Å²) in [6, 6.07) is 0. The summed E-state index contributed by atoms with van der Waals surface area (Å²) < 4.78 is 0. The van der Waals surface area contributed by atoms with Gasteiger partial charge in [-0.3, -0.25) is 34.0 Å². The van der Waals surface area contributed by atoms with Crippen molar-refractivity contribution in [3.05, 3.63) is 0 Å². The van der Waals surface area contributed by atoms with Crippen LogP contribution < -0.4 is 29.6 Å². The van der Waals surface area contributed by atoms with Gasteiger partial charge in [0.05, 0.1) is 25.7 Å². The number of aliphatic hydroxyl groups is 1. The molecule has 0 aliphatic carbocycles. The molecular weight excluding hydrogens is 395 g/mol. The number of β-amino-alcohol motifs (C(OH)–C–C–N with tert-alkyl or cyclic N) is 1. The SMILES string of the molecule is CC(O)CN1CCN(CC(=O)O)CCN(CC(=O)O)CCN(CC(=O)O)CC1.[H-].[Na+]. The van der Waals surface area contributed by atoms with E-state index in [0.29, 0.717) is 58.9 Å². The van der Waals surface area contributed by atoms with Crippen molar-refractivity contribution in [1.29, 1.82) is 0 Å². The Bertz CT molecular complexity index is 498. The van der Waals surface area contributed by atoms with Crippen molar-refractivity contribution in [1.82, 2.24) is 19.6 Å². The van der Waals surface area contributed by atoms with E-state index in [1.165, 1.54) is 0 Å². The standard InChI is InChI=1S/C17H32N4O7.Na.H/c1-14(22)10-18-2-4-19(11-15(23)24)6-8-21(13-17(27)28)9-7-20(5-3-18)12-16(25)26;;/h14,22H,2-13H2,1H3,(H,23,24)(H,25,26)(H,27,28);;/q;+1;-1. The number of carboxylic acids is 3. The van der Waals surface area contributed by atoms with E-state index < -0.39 is 24.0 Å². The van der Waals surface area contributed by atoms with Gasteiger partial charge in [0, 0.05) is 58.9 Å². The van der Waals surface area contributed by atoms with Gasteiger partial charge in [0.15, 0.2) is 0 Å². The molecule has 0 aromatic carbocycles. The maximum atomic E-state index is 11.1. The monoisotopic (exact) mass is 428 g/mol. The first-order chi connectivity index (χ1) is 13.2. The van der Waals surface area contributed by atoms with Crippen LogP contribution in [0.3, 0.4) is 0 Å². The molecule has 164 valence electrons. The molecule has 0 radical (unpaired) electrons. The van der Waals surface area contributed by atoms with Crippen molar-refractivity contribution < 1.29 is 65.8 Å². The van der Waals surface area contributed by atoms with Crippen LogP contribution in [0, 0.1) is 0 Å². The predicted molar refractivity (Wildman–Crippen MR) is 101 cm³/mol. The molecule has 1 atom stereocenters. The normalized spacial score (nSPS) is 20.1. The minimum Gasteiger partial charge on any atom is -1.00 e. The van der Waals surface area contributed by atoms with Crippen molar-refractivity contribution in [3.8, 4) is 0 Å². The van der Waals surface area contributed by atoms with Crippen molar-refractivity contribution in [2.24, 2.45) is 0 Å². The fourth-order valence-electron chi connectivity index (χ4n) is 3.18. The Balaban J connectivity index is 0. The molecule has 11 nitrogen and oxygen atoms in total. The molecule has 0 bridgehead atoms. The van der Waals surface area contributed by atoms with Gasteiger partial charge in [0.2, 0.25) is 0 Å². The van der Waals surface area contributed by atoms with E-state index in [4.69, 9.17) is 15.3 Å². The Morgan fingerprint density at radius 2 is 0.931 bits per heavy atom. The molecule has 0 spiro atoms. The third-order valence-electron chi connectivity index (χ3n) is 4.53. The third kappa shape index (κ3) is 13.9. The zero-order chi connectivity index (χ0) is 21.1. The van der Waals surface area contributed by atoms with Gasteiger partial charge in [-0.15, -0.1) is 0 Å². The van der Waals surface area contributed by atoms with E-state index in [9.17, 15) is 19.5 Å². The van der Waals surface area contributed by atoms with E-state index >= 15 is 0 Å². The molecule has 29 heavy (non-hydrogen) atoms. The number of carbonyl (C=O) groups is 3. The minimum absolute atomic E-state index is 0. The second-order valence-corrected chi connectivity index (χ2v) is 7.16. The molecule has 0 saturated carbocycles. The summed E-state index contributed by atoms with van der Waals surface area (Å²) in [7, 11) is 0. The second-order valence-electron chi connectivity index (χ2n) is 7.16. The maximum absolute atomic E-state index is 11.1. The number of rotatable bonds is 8. The van der Waals surface area contributed by atoms with E-state index in [-0.39, 0.29) is 50.6 Å². The number of hydrogen-bond donors (Lipinski definition) is 4. The van der Waals surface area contributed by atoms with E-state index in [1.807, 2.05) is 4.90 Å². The number of aliphatic carboxylic acids is 3. The molecule has 1 saturated heterocycles. The molecule has 4 N–H and O–H groups in total. The van der Waals surface area contributed by atoms with E-state index in [0.717, 1.165) is 0 Å². The van der Waals surface area contributed by atoms with E-state index in [1.54, 1.807) is 21.6 Å². The molecule has 0 aromatic heterocycles. The summed E-state index contributed by atoms with van der Waals surface area (Å²) in [4.78, 5) is 40.6. The molecule has 0 amide bonds. The first-order valence-electron chi connectivity index (χ1n) is 9.38. The van der Waals surface area contributed by atoms with Crippen LogP contribution in [0.15, 0.2) is 0 Å². The Morgan fingerprint density at radius 1 is 0.690 bits per heavy atom. The van der Waals surface area contributed by atoms with Gasteiger partial charge in [-0.05, 0) is 6.92 Å². The van der Waals surface area contributed by atoms with Gasteiger partial charge in [-0.1, -0.05) is 0 Å². The van der Waals surface area contributed by atoms with Crippen molar-refractivity contribution in [2.75, 3.05) is 78.5 Å². The van der Waals surface area contributed by atoms with E-state index in [2.05, 4.69) is 0 Å². The molecule has 12 heteroatoms. The van der Waals surface area contributed by atoms with Crippen LogP contribution in [0.5, 0.6) is 0 Å². The first-order valence-corrected chi connectivity index (χ1v) is 9.38. The summed E-state index contributed by atoms with van der Waals surface area (Å²) in [5.41, 5.74) is 0. The van der Waals surface area contributed by atoms with Crippen LogP contribution in [0.1, 0.15) is 8.35 Å². The summed E-state index contributed by atoms with van der Waals surface area (Å²) >= 11 is 0. The Morgan fingerprint density at radius 3 is 1.14 bits per heavy atom. The van der Waals surface area contributed by atoms with Crippen LogP contribution in [0.25, 0.3) is 0 Å². The quantitative estimate of drug-likeness (QED) is 0.276. The number of aliphatic hydroxyl groups excluding tert-OH is 1. The second kappa shape index (κ2) is 15.1. The van der Waals surface area contributed by atoms with Crippen molar-refractivity contribution in [3.63, 3.8) is 0 Å². The van der Waals surface area contributed by atoms with Gasteiger partial charge < -0.3 is 21.9 Å². The van der Waals surface area contributed by atoms with Crippen LogP contribution in [-0.4, -0.2) is 143 Å². The minimum atomic E-state index is -0.982. The Kier molecular flexibility index (Phi) is 14.7. The van der Waals surface area contributed by atoms with Gasteiger partial charge in [-0.2, -0.15) is 0 Å². The van der Waals surface area contributed by atoms with Crippen molar-refractivity contribution in [2.45, 2.75) is 13.0 Å². The zero-order valence-corrected chi connectivity index (χ0v) is 19.4. The molecule has 1 aliphatic rings. The smallest absolute Gasteiger partial charge is 1.00 e. The first kappa shape index (κ1) is 28.2. The maximum Gasteiger partial charge on any atom is 1.00 e. The summed E-state index contributed by atoms with van der Waals surface area (Å²) in [5.74, 6) is -2.89. The van der Waals surface area contributed by atoms with Crippen LogP contribution in [0.4, 0.5) is 0 Å². The molecule has 1 rings (SSSR count). The molecule has 1 heterocycles. The number of hydrogen-bond acceptors (Lipinski definition) is 8. The van der Waals surface area contributed by atoms with Gasteiger partial charge in [0.25, 0.3) is 0 Å². The fraction of sp³-hybridized carbons (Fsp3) is 0.824. The van der Waals surface area contributed by atoms with Crippen molar-refractivity contribution >= 4 is 17.9 Å². The van der Waals surface area contributed by atoms with Gasteiger partial charge in [-0.25, -0.2) is 0 Å². The molecule has 1 fully saturated rings. The van der Waals surface area contributed by atoms with Gasteiger partial charge >= 0.3 is 47.5 Å². The predicted octanol–water partition coefficient (Wildman–Crippen LogP) is -5.04.